The van der Waals surface area contributed by atoms with Gasteiger partial charge >= 0.3 is 0 Å². The van der Waals surface area contributed by atoms with E-state index in [1.165, 1.54) is 0 Å². The normalized spacial score (nSPS) is 18.0. The Morgan fingerprint density at radius 1 is 1.36 bits per heavy atom. The van der Waals surface area contributed by atoms with Gasteiger partial charge in [-0.3, -0.25) is 0 Å². The van der Waals surface area contributed by atoms with Crippen molar-refractivity contribution in [3.05, 3.63) is 0 Å². The van der Waals surface area contributed by atoms with E-state index >= 15 is 0 Å². The molecule has 0 fully saturated rings. The van der Waals surface area contributed by atoms with Gasteiger partial charge in [-0.2, -0.15) is 0 Å². The molecular formula is C8H16Br2O. The topological polar surface area (TPSA) is 20.2 Å². The van der Waals surface area contributed by atoms with Crippen LogP contribution in [0.15, 0.2) is 0 Å². The molecule has 0 radical (unpaired) electrons. The summed E-state index contributed by atoms with van der Waals surface area (Å²) in [6.45, 7) is 6.06. The number of rotatable bonds is 4. The number of hydrogen-bond acceptors (Lipinski definition) is 1. The minimum Gasteiger partial charge on any atom is -0.393 e. The summed E-state index contributed by atoms with van der Waals surface area (Å²) in [5.74, 6) is 0. The van der Waals surface area contributed by atoms with Crippen LogP contribution in [0, 0.1) is 0 Å². The molecule has 0 spiro atoms. The highest BCUT2D eigenvalue weighted by Gasteiger charge is 2.23. The van der Waals surface area contributed by atoms with Crippen LogP contribution < -0.4 is 0 Å². The first-order valence-electron chi connectivity index (χ1n) is 3.85. The first-order valence-corrected chi connectivity index (χ1v) is 5.56. The van der Waals surface area contributed by atoms with Crippen molar-refractivity contribution in [2.24, 2.45) is 0 Å². The van der Waals surface area contributed by atoms with E-state index in [1.807, 2.05) is 6.92 Å². The number of hydrogen-bond donors (Lipinski definition) is 1. The van der Waals surface area contributed by atoms with Gasteiger partial charge in [0.15, 0.2) is 0 Å². The molecule has 0 aliphatic rings. The molecule has 0 aromatic rings. The fourth-order valence-electron chi connectivity index (χ4n) is 0.731. The highest BCUT2D eigenvalue weighted by molar-refractivity contribution is 9.12. The molecule has 11 heavy (non-hydrogen) atoms. The lowest BCUT2D eigenvalue weighted by molar-refractivity contribution is 0.180. The summed E-state index contributed by atoms with van der Waals surface area (Å²) >= 11 is 7.13. The maximum absolute atomic E-state index is 9.03. The van der Waals surface area contributed by atoms with E-state index < -0.39 is 0 Å². The fraction of sp³-hybridized carbons (Fsp3) is 1.00. The summed E-state index contributed by atoms with van der Waals surface area (Å²) in [4.78, 5) is 0.421. The van der Waals surface area contributed by atoms with Crippen LogP contribution in [0.2, 0.25) is 0 Å². The van der Waals surface area contributed by atoms with E-state index in [1.54, 1.807) is 0 Å². The van der Waals surface area contributed by atoms with Crippen LogP contribution in [-0.2, 0) is 0 Å². The Bertz CT molecular complexity index is 107. The number of aliphatic hydroxyl groups is 1. The monoisotopic (exact) mass is 286 g/mol. The first-order chi connectivity index (χ1) is 4.84. The van der Waals surface area contributed by atoms with E-state index in [0.717, 1.165) is 12.8 Å². The zero-order chi connectivity index (χ0) is 9.07. The predicted molar refractivity (Wildman–Crippen MR) is 56.6 cm³/mol. The molecule has 0 heterocycles. The van der Waals surface area contributed by atoms with E-state index in [0.29, 0.717) is 4.83 Å². The molecule has 0 aliphatic carbocycles. The van der Waals surface area contributed by atoms with Crippen LogP contribution in [-0.4, -0.2) is 20.4 Å². The van der Waals surface area contributed by atoms with E-state index in [4.69, 9.17) is 5.11 Å². The lowest BCUT2D eigenvalue weighted by Gasteiger charge is -2.23. The van der Waals surface area contributed by atoms with Gasteiger partial charge in [-0.25, -0.2) is 0 Å². The van der Waals surface area contributed by atoms with Crippen molar-refractivity contribution in [3.8, 4) is 0 Å². The van der Waals surface area contributed by atoms with Gasteiger partial charge in [0, 0.05) is 9.15 Å². The molecule has 0 aromatic heterocycles. The molecule has 0 amide bonds. The van der Waals surface area contributed by atoms with Crippen LogP contribution in [0.5, 0.6) is 0 Å². The molecule has 0 saturated carbocycles. The summed E-state index contributed by atoms with van der Waals surface area (Å²) in [6, 6.07) is 0. The van der Waals surface area contributed by atoms with Gasteiger partial charge in [0.05, 0.1) is 6.10 Å². The highest BCUT2D eigenvalue weighted by Crippen LogP contribution is 2.30. The molecule has 1 nitrogen and oxygen atoms in total. The molecule has 0 rings (SSSR count). The molecule has 0 aromatic carbocycles. The van der Waals surface area contributed by atoms with Gasteiger partial charge in [-0.1, -0.05) is 31.9 Å². The lowest BCUT2D eigenvalue weighted by atomic mass is 10.0. The quantitative estimate of drug-likeness (QED) is 0.788. The van der Waals surface area contributed by atoms with Crippen LogP contribution in [0.3, 0.4) is 0 Å². The Hall–Kier alpha value is 0.920. The third-order valence-electron chi connectivity index (χ3n) is 1.58. The smallest absolute Gasteiger partial charge is 0.0512 e. The van der Waals surface area contributed by atoms with E-state index in [9.17, 15) is 0 Å². The molecule has 0 aliphatic heterocycles. The Morgan fingerprint density at radius 3 is 2.09 bits per heavy atom. The average Bonchev–Trinajstić information content (AvgIpc) is 1.80. The van der Waals surface area contributed by atoms with Crippen LogP contribution in [0.1, 0.15) is 33.6 Å². The third kappa shape index (κ3) is 6.12. The third-order valence-corrected chi connectivity index (χ3v) is 4.35. The summed E-state index contributed by atoms with van der Waals surface area (Å²) < 4.78 is 0.113. The largest absolute Gasteiger partial charge is 0.393 e. The molecular weight excluding hydrogens is 272 g/mol. The molecule has 2 atom stereocenters. The SMILES string of the molecule is CC(O)CCC(Br)C(C)(C)Br. The van der Waals surface area contributed by atoms with Crippen molar-refractivity contribution in [2.75, 3.05) is 0 Å². The van der Waals surface area contributed by atoms with Gasteiger partial charge in [-0.05, 0) is 33.6 Å². The Labute approximate surface area is 85.8 Å². The Balaban J connectivity index is 3.61. The maximum Gasteiger partial charge on any atom is 0.0512 e. The minimum absolute atomic E-state index is 0.113. The van der Waals surface area contributed by atoms with Crippen LogP contribution in [0.25, 0.3) is 0 Å². The van der Waals surface area contributed by atoms with Gasteiger partial charge in [0.1, 0.15) is 0 Å². The number of aliphatic hydroxyl groups excluding tert-OH is 1. The molecule has 0 saturated heterocycles. The highest BCUT2D eigenvalue weighted by atomic mass is 79.9. The molecule has 68 valence electrons. The van der Waals surface area contributed by atoms with Gasteiger partial charge in [0.2, 0.25) is 0 Å². The summed E-state index contributed by atoms with van der Waals surface area (Å²) in [5.41, 5.74) is 0. The maximum atomic E-state index is 9.03. The van der Waals surface area contributed by atoms with Gasteiger partial charge in [0.25, 0.3) is 0 Å². The van der Waals surface area contributed by atoms with Crippen molar-refractivity contribution >= 4 is 31.9 Å². The minimum atomic E-state index is -0.190. The van der Waals surface area contributed by atoms with Crippen LogP contribution >= 0.6 is 31.9 Å². The summed E-state index contributed by atoms with van der Waals surface area (Å²) in [5, 5.41) is 9.03. The second-order valence-electron chi connectivity index (χ2n) is 3.46. The number of halogens is 2. The molecule has 1 N–H and O–H groups in total. The zero-order valence-electron chi connectivity index (χ0n) is 7.27. The lowest BCUT2D eigenvalue weighted by Crippen LogP contribution is -2.24. The predicted octanol–water partition coefficient (Wildman–Crippen LogP) is 3.08. The van der Waals surface area contributed by atoms with Crippen molar-refractivity contribution in [1.29, 1.82) is 0 Å². The van der Waals surface area contributed by atoms with E-state index in [2.05, 4.69) is 45.7 Å². The summed E-state index contributed by atoms with van der Waals surface area (Å²) in [7, 11) is 0. The van der Waals surface area contributed by atoms with Crippen molar-refractivity contribution < 1.29 is 5.11 Å². The van der Waals surface area contributed by atoms with Gasteiger partial charge in [-0.15, -0.1) is 0 Å². The van der Waals surface area contributed by atoms with Crippen molar-refractivity contribution in [2.45, 2.75) is 48.9 Å². The average molecular weight is 288 g/mol. The standard InChI is InChI=1S/C8H16Br2O/c1-6(11)4-5-7(9)8(2,3)10/h6-7,11H,4-5H2,1-3H3. The van der Waals surface area contributed by atoms with Crippen molar-refractivity contribution in [3.63, 3.8) is 0 Å². The second-order valence-corrected chi connectivity index (χ2v) is 6.61. The molecule has 3 heteroatoms. The van der Waals surface area contributed by atoms with E-state index in [-0.39, 0.29) is 10.4 Å². The number of alkyl halides is 2. The summed E-state index contributed by atoms with van der Waals surface area (Å²) in [6.07, 6.45) is 1.66. The van der Waals surface area contributed by atoms with Crippen LogP contribution in [0.4, 0.5) is 0 Å². The molecule has 0 bridgehead atoms. The Kier molecular flexibility index (Phi) is 5.23. The van der Waals surface area contributed by atoms with Crippen molar-refractivity contribution in [1.82, 2.24) is 0 Å². The van der Waals surface area contributed by atoms with Gasteiger partial charge < -0.3 is 5.11 Å². The molecule has 2 unspecified atom stereocenters. The second kappa shape index (κ2) is 4.83. The fourth-order valence-corrected chi connectivity index (χ4v) is 1.22. The Morgan fingerprint density at radius 2 is 1.82 bits per heavy atom. The first kappa shape index (κ1) is 11.9. The zero-order valence-corrected chi connectivity index (χ0v) is 10.4.